The minimum absolute atomic E-state index is 0.278. The van der Waals surface area contributed by atoms with E-state index < -0.39 is 0 Å². The summed E-state index contributed by atoms with van der Waals surface area (Å²) in [4.78, 5) is 9.46. The summed E-state index contributed by atoms with van der Waals surface area (Å²) >= 11 is 1.64. The van der Waals surface area contributed by atoms with Crippen LogP contribution in [0.3, 0.4) is 0 Å². The summed E-state index contributed by atoms with van der Waals surface area (Å²) in [6, 6.07) is 2.88. The van der Waals surface area contributed by atoms with Gasteiger partial charge in [0.1, 0.15) is 0 Å². The van der Waals surface area contributed by atoms with Crippen molar-refractivity contribution in [1.82, 2.24) is 19.9 Å². The van der Waals surface area contributed by atoms with Crippen LogP contribution in [0, 0.1) is 0 Å². The molecule has 0 aliphatic carbocycles. The van der Waals surface area contributed by atoms with E-state index in [1.807, 2.05) is 16.8 Å². The monoisotopic (exact) mass is 348 g/mol. The fraction of sp³-hybridized carbons (Fsp3) is 0.647. The average molecular weight is 348 g/mol. The second-order valence-corrected chi connectivity index (χ2v) is 7.54. The summed E-state index contributed by atoms with van der Waals surface area (Å²) in [6.45, 7) is 4.23. The topological polar surface area (TPSA) is 65.6 Å². The molecule has 0 radical (unpaired) electrons. The molecule has 7 heteroatoms. The predicted octanol–water partition coefficient (Wildman–Crippen LogP) is 2.22. The third-order valence-electron chi connectivity index (χ3n) is 5.24. The average Bonchev–Trinajstić information content (AvgIpc) is 3.36. The molecule has 0 bridgehead atoms. The largest absolute Gasteiger partial charge is 0.395 e. The van der Waals surface area contributed by atoms with Crippen molar-refractivity contribution in [2.75, 3.05) is 26.2 Å². The van der Waals surface area contributed by atoms with Crippen molar-refractivity contribution in [2.24, 2.45) is 0 Å². The molecule has 4 rings (SSSR count). The molecule has 2 aliphatic heterocycles. The van der Waals surface area contributed by atoms with E-state index in [1.54, 1.807) is 11.3 Å². The van der Waals surface area contributed by atoms with Crippen LogP contribution in [-0.4, -0.2) is 63.4 Å². The van der Waals surface area contributed by atoms with Crippen molar-refractivity contribution in [1.29, 1.82) is 0 Å². The van der Waals surface area contributed by atoms with Crippen LogP contribution in [0.25, 0.3) is 11.4 Å². The Hall–Kier alpha value is -1.28. The fourth-order valence-electron chi connectivity index (χ4n) is 3.92. The highest BCUT2D eigenvalue weighted by Crippen LogP contribution is 2.25. The van der Waals surface area contributed by atoms with Gasteiger partial charge in [-0.1, -0.05) is 5.16 Å². The highest BCUT2D eigenvalue weighted by atomic mass is 32.1. The molecule has 4 heterocycles. The Labute approximate surface area is 146 Å². The zero-order valence-corrected chi connectivity index (χ0v) is 14.6. The van der Waals surface area contributed by atoms with Crippen LogP contribution in [0.15, 0.2) is 21.3 Å². The maximum Gasteiger partial charge on any atom is 0.241 e. The van der Waals surface area contributed by atoms with Crippen molar-refractivity contribution in [3.63, 3.8) is 0 Å². The van der Waals surface area contributed by atoms with Gasteiger partial charge in [0.2, 0.25) is 11.7 Å². The van der Waals surface area contributed by atoms with E-state index >= 15 is 0 Å². The van der Waals surface area contributed by atoms with Crippen LogP contribution in [0.5, 0.6) is 0 Å². The van der Waals surface area contributed by atoms with Gasteiger partial charge in [-0.15, -0.1) is 0 Å². The summed E-state index contributed by atoms with van der Waals surface area (Å²) in [5.74, 6) is 1.38. The highest BCUT2D eigenvalue weighted by Gasteiger charge is 2.32. The summed E-state index contributed by atoms with van der Waals surface area (Å²) in [7, 11) is 0. The van der Waals surface area contributed by atoms with E-state index in [1.165, 1.54) is 19.3 Å². The molecular weight excluding hydrogens is 324 g/mol. The molecule has 2 saturated heterocycles. The Morgan fingerprint density at radius 3 is 2.83 bits per heavy atom. The lowest BCUT2D eigenvalue weighted by atomic mass is 10.2. The van der Waals surface area contributed by atoms with Crippen LogP contribution in [-0.2, 0) is 6.54 Å². The molecule has 24 heavy (non-hydrogen) atoms. The van der Waals surface area contributed by atoms with Crippen LogP contribution in [0.1, 0.15) is 31.6 Å². The molecule has 130 valence electrons. The molecule has 0 spiro atoms. The SMILES string of the molecule is OCC1CCCN1CC1CCCN1Cc1nc(-c2ccsc2)no1. The lowest BCUT2D eigenvalue weighted by Crippen LogP contribution is -2.43. The predicted molar refractivity (Wildman–Crippen MR) is 92.7 cm³/mol. The lowest BCUT2D eigenvalue weighted by Gasteiger charge is -2.30. The first-order valence-corrected chi connectivity index (χ1v) is 9.72. The molecule has 0 aromatic carbocycles. The van der Waals surface area contributed by atoms with Crippen molar-refractivity contribution in [3.05, 3.63) is 22.7 Å². The standard InChI is InChI=1S/C17H24N4O2S/c22-11-15-4-2-6-20(15)9-14-3-1-7-21(14)10-16-18-17(19-23-16)13-5-8-24-12-13/h5,8,12,14-15,22H,1-4,6-7,9-11H2. The maximum absolute atomic E-state index is 9.52. The minimum Gasteiger partial charge on any atom is -0.395 e. The fourth-order valence-corrected chi connectivity index (χ4v) is 4.56. The van der Waals surface area contributed by atoms with Crippen LogP contribution >= 0.6 is 11.3 Å². The third-order valence-corrected chi connectivity index (χ3v) is 5.92. The number of aliphatic hydroxyl groups excluding tert-OH is 1. The summed E-state index contributed by atoms with van der Waals surface area (Å²) in [5, 5.41) is 17.7. The Bertz CT molecular complexity index is 645. The van der Waals surface area contributed by atoms with Gasteiger partial charge in [0, 0.05) is 29.6 Å². The number of rotatable bonds is 6. The van der Waals surface area contributed by atoms with Gasteiger partial charge in [-0.3, -0.25) is 9.80 Å². The maximum atomic E-state index is 9.52. The summed E-state index contributed by atoms with van der Waals surface area (Å²) < 4.78 is 5.46. The number of nitrogens with zero attached hydrogens (tertiary/aromatic N) is 4. The molecule has 1 N–H and O–H groups in total. The van der Waals surface area contributed by atoms with Gasteiger partial charge in [-0.2, -0.15) is 16.3 Å². The van der Waals surface area contributed by atoms with Crippen molar-refractivity contribution < 1.29 is 9.63 Å². The second-order valence-electron chi connectivity index (χ2n) is 6.76. The number of hydrogen-bond acceptors (Lipinski definition) is 7. The van der Waals surface area contributed by atoms with Gasteiger partial charge in [0.05, 0.1) is 13.2 Å². The Morgan fingerprint density at radius 2 is 2.04 bits per heavy atom. The number of aromatic nitrogens is 2. The van der Waals surface area contributed by atoms with Gasteiger partial charge < -0.3 is 9.63 Å². The summed E-state index contributed by atoms with van der Waals surface area (Å²) in [5.41, 5.74) is 1.02. The Kier molecular flexibility index (Phi) is 4.93. The zero-order chi connectivity index (χ0) is 16.4. The van der Waals surface area contributed by atoms with E-state index in [-0.39, 0.29) is 6.61 Å². The van der Waals surface area contributed by atoms with Gasteiger partial charge in [-0.25, -0.2) is 0 Å². The van der Waals surface area contributed by atoms with E-state index in [9.17, 15) is 5.11 Å². The van der Waals surface area contributed by atoms with Crippen molar-refractivity contribution in [3.8, 4) is 11.4 Å². The third kappa shape index (κ3) is 3.39. The molecule has 2 aromatic rings. The first kappa shape index (κ1) is 16.2. The molecule has 2 fully saturated rings. The second kappa shape index (κ2) is 7.31. The van der Waals surface area contributed by atoms with Crippen LogP contribution < -0.4 is 0 Å². The molecule has 2 atom stereocenters. The van der Waals surface area contributed by atoms with Gasteiger partial charge in [-0.05, 0) is 50.2 Å². The Balaban J connectivity index is 1.38. The van der Waals surface area contributed by atoms with Gasteiger partial charge in [0.15, 0.2) is 0 Å². The Morgan fingerprint density at radius 1 is 1.21 bits per heavy atom. The van der Waals surface area contributed by atoms with E-state index in [2.05, 4.69) is 19.9 Å². The number of likely N-dealkylation sites (tertiary alicyclic amines) is 2. The lowest BCUT2D eigenvalue weighted by molar-refractivity contribution is 0.115. The van der Waals surface area contributed by atoms with Gasteiger partial charge in [0.25, 0.3) is 0 Å². The van der Waals surface area contributed by atoms with Crippen LogP contribution in [0.4, 0.5) is 0 Å². The molecule has 6 nitrogen and oxygen atoms in total. The van der Waals surface area contributed by atoms with Gasteiger partial charge >= 0.3 is 0 Å². The number of hydrogen-bond donors (Lipinski definition) is 1. The first-order chi connectivity index (χ1) is 11.8. The molecule has 2 aliphatic rings. The number of thiophene rings is 1. The minimum atomic E-state index is 0.278. The molecule has 0 saturated carbocycles. The molecule has 2 unspecified atom stereocenters. The molecule has 2 aromatic heterocycles. The molecular formula is C17H24N4O2S. The van der Waals surface area contributed by atoms with Crippen molar-refractivity contribution in [2.45, 2.75) is 44.3 Å². The van der Waals surface area contributed by atoms with E-state index in [0.29, 0.717) is 23.8 Å². The van der Waals surface area contributed by atoms with E-state index in [4.69, 9.17) is 4.52 Å². The normalized spacial score (nSPS) is 25.7. The highest BCUT2D eigenvalue weighted by molar-refractivity contribution is 7.08. The van der Waals surface area contributed by atoms with Crippen LogP contribution in [0.2, 0.25) is 0 Å². The van der Waals surface area contributed by atoms with Crippen molar-refractivity contribution >= 4 is 11.3 Å². The zero-order valence-electron chi connectivity index (χ0n) is 13.8. The smallest absolute Gasteiger partial charge is 0.241 e. The first-order valence-electron chi connectivity index (χ1n) is 8.77. The summed E-state index contributed by atoms with van der Waals surface area (Å²) in [6.07, 6.45) is 4.75. The number of aliphatic hydroxyl groups is 1. The molecule has 0 amide bonds. The van der Waals surface area contributed by atoms with E-state index in [0.717, 1.165) is 38.2 Å². The quantitative estimate of drug-likeness (QED) is 0.863.